The Labute approximate surface area is 274 Å². The Morgan fingerprint density at radius 3 is 2.48 bits per heavy atom. The number of aromatic nitrogens is 5. The van der Waals surface area contributed by atoms with E-state index in [1.54, 1.807) is 24.6 Å². The van der Waals surface area contributed by atoms with Gasteiger partial charge in [0.15, 0.2) is 5.69 Å². The van der Waals surface area contributed by atoms with Gasteiger partial charge in [-0.1, -0.05) is 6.07 Å². The minimum atomic E-state index is -4.86. The molecule has 0 fully saturated rings. The number of nitrogens with one attached hydrogen (secondary N) is 3. The number of alkyl halides is 3. The van der Waals surface area contributed by atoms with Crippen LogP contribution in [0.5, 0.6) is 5.75 Å². The maximum atomic E-state index is 14.1. The van der Waals surface area contributed by atoms with Crippen LogP contribution in [0.2, 0.25) is 0 Å². The number of carbonyl (C=O) groups is 1. The molecule has 0 radical (unpaired) electrons. The van der Waals surface area contributed by atoms with Crippen LogP contribution in [0.25, 0.3) is 11.3 Å². The SMILES string of the molecule is CCOP(=O)(O)Cc1ccc(Nc2ncc(C(F)(F)F)c(Nc3ccc(-c4c(C)nn(CCCO)c4C)nc3C(=O)NC)n2)c(OC)c1. The Kier molecular flexibility index (Phi) is 11.4. The fraction of sp³-hybridized carbons (Fsp3) is 0.367. The molecule has 3 aromatic heterocycles. The molecule has 1 amide bonds. The summed E-state index contributed by atoms with van der Waals surface area (Å²) in [5.74, 6) is -1.36. The van der Waals surface area contributed by atoms with E-state index in [4.69, 9.17) is 9.26 Å². The molecule has 0 saturated heterocycles. The van der Waals surface area contributed by atoms with Gasteiger partial charge in [-0.25, -0.2) is 9.97 Å². The molecule has 3 heterocycles. The number of hydrogen-bond acceptors (Lipinski definition) is 11. The fourth-order valence-corrected chi connectivity index (χ4v) is 6.06. The Bertz CT molecular complexity index is 1840. The molecule has 48 heavy (non-hydrogen) atoms. The molecule has 0 bridgehead atoms. The summed E-state index contributed by atoms with van der Waals surface area (Å²) in [5.41, 5.74) is 1.62. The van der Waals surface area contributed by atoms with Crippen molar-refractivity contribution in [2.24, 2.45) is 0 Å². The van der Waals surface area contributed by atoms with Crippen molar-refractivity contribution in [1.82, 2.24) is 30.0 Å². The molecule has 0 spiro atoms. The summed E-state index contributed by atoms with van der Waals surface area (Å²) in [4.78, 5) is 35.3. The van der Waals surface area contributed by atoms with E-state index in [0.29, 0.717) is 41.7 Å². The molecule has 4 aromatic rings. The van der Waals surface area contributed by atoms with Crippen molar-refractivity contribution in [2.45, 2.75) is 46.1 Å². The van der Waals surface area contributed by atoms with E-state index in [9.17, 15) is 32.5 Å². The van der Waals surface area contributed by atoms with Gasteiger partial charge in [-0.05, 0) is 57.0 Å². The van der Waals surface area contributed by atoms with Crippen molar-refractivity contribution in [2.75, 3.05) is 38.0 Å². The van der Waals surface area contributed by atoms with Crippen molar-refractivity contribution in [1.29, 1.82) is 0 Å². The first-order valence-electron chi connectivity index (χ1n) is 14.7. The number of aliphatic hydroxyl groups is 1. The molecule has 0 aliphatic carbocycles. The minimum Gasteiger partial charge on any atom is -0.495 e. The number of aliphatic hydroxyl groups excluding tert-OH is 1. The lowest BCUT2D eigenvalue weighted by Crippen LogP contribution is -2.21. The van der Waals surface area contributed by atoms with Crippen LogP contribution in [0, 0.1) is 13.8 Å². The van der Waals surface area contributed by atoms with E-state index in [1.807, 2.05) is 6.92 Å². The molecule has 1 aromatic carbocycles. The van der Waals surface area contributed by atoms with Crippen LogP contribution in [0.15, 0.2) is 36.5 Å². The van der Waals surface area contributed by atoms with Gasteiger partial charge in [0.25, 0.3) is 5.91 Å². The number of hydrogen-bond donors (Lipinski definition) is 5. The zero-order valence-corrected chi connectivity index (χ0v) is 27.7. The molecule has 0 aliphatic rings. The van der Waals surface area contributed by atoms with Crippen molar-refractivity contribution < 1.29 is 41.8 Å². The van der Waals surface area contributed by atoms with Gasteiger partial charge in [-0.3, -0.25) is 14.0 Å². The predicted octanol–water partition coefficient (Wildman–Crippen LogP) is 5.33. The summed E-state index contributed by atoms with van der Waals surface area (Å²) in [6, 6.07) is 7.49. The Hall–Kier alpha value is -4.57. The van der Waals surface area contributed by atoms with Gasteiger partial charge >= 0.3 is 13.8 Å². The lowest BCUT2D eigenvalue weighted by Gasteiger charge is -2.18. The second-order valence-corrected chi connectivity index (χ2v) is 12.3. The summed E-state index contributed by atoms with van der Waals surface area (Å²) < 4.78 is 66.6. The smallest absolute Gasteiger partial charge is 0.421 e. The highest BCUT2D eigenvalue weighted by Crippen LogP contribution is 2.46. The van der Waals surface area contributed by atoms with Gasteiger partial charge in [-0.2, -0.15) is 23.3 Å². The number of halogens is 3. The number of methoxy groups -OCH3 is 1. The van der Waals surface area contributed by atoms with Gasteiger partial charge in [-0.15, -0.1) is 0 Å². The quantitative estimate of drug-likeness (QED) is 0.107. The Balaban J connectivity index is 1.71. The number of aryl methyl sites for hydroxylation is 2. The van der Waals surface area contributed by atoms with Crippen molar-refractivity contribution in [3.05, 3.63) is 64.7 Å². The first kappa shape index (κ1) is 36.3. The predicted molar refractivity (Wildman–Crippen MR) is 172 cm³/mol. The molecular formula is C30H36F3N8O6P. The third kappa shape index (κ3) is 8.47. The van der Waals surface area contributed by atoms with E-state index in [0.717, 1.165) is 5.69 Å². The third-order valence-corrected chi connectivity index (χ3v) is 8.50. The average Bonchev–Trinajstić information content (AvgIpc) is 3.31. The summed E-state index contributed by atoms with van der Waals surface area (Å²) in [6.07, 6.45) is -4.07. The summed E-state index contributed by atoms with van der Waals surface area (Å²) >= 11 is 0. The number of pyridine rings is 1. The van der Waals surface area contributed by atoms with Crippen LogP contribution in [0.4, 0.5) is 36.3 Å². The Morgan fingerprint density at radius 2 is 1.83 bits per heavy atom. The van der Waals surface area contributed by atoms with E-state index < -0.39 is 31.1 Å². The van der Waals surface area contributed by atoms with E-state index in [-0.39, 0.29) is 48.1 Å². The summed E-state index contributed by atoms with van der Waals surface area (Å²) in [5, 5.41) is 21.6. The van der Waals surface area contributed by atoms with Crippen molar-refractivity contribution in [3.8, 4) is 17.0 Å². The third-order valence-electron chi connectivity index (χ3n) is 7.08. The van der Waals surface area contributed by atoms with Crippen molar-refractivity contribution >= 4 is 36.6 Å². The monoisotopic (exact) mass is 692 g/mol. The standard InChI is InChI=1S/C30H36F3N8O6P/c1-6-47-48(44,45)16-19-8-9-21(24(14-19)46-5)38-29-35-15-20(30(31,32)33)27(39-29)37-23-11-10-22(36-26(23)28(43)34-4)25-17(2)40-41(18(25)3)12-7-13-42/h8-11,14-15,42H,6-7,12-13,16H2,1-5H3,(H,34,43)(H,44,45)(H2,35,37,38,39). The van der Waals surface area contributed by atoms with Crippen LogP contribution in [-0.2, 0) is 28.0 Å². The number of ether oxygens (including phenoxy) is 1. The number of benzene rings is 1. The molecule has 258 valence electrons. The zero-order valence-electron chi connectivity index (χ0n) is 26.8. The lowest BCUT2D eigenvalue weighted by molar-refractivity contribution is -0.137. The maximum absolute atomic E-state index is 14.1. The van der Waals surface area contributed by atoms with Gasteiger partial charge in [0, 0.05) is 37.7 Å². The second-order valence-electron chi connectivity index (χ2n) is 10.5. The first-order chi connectivity index (χ1) is 22.7. The fourth-order valence-electron chi connectivity index (χ4n) is 4.90. The molecule has 1 unspecified atom stereocenters. The van der Waals surface area contributed by atoms with Crippen LogP contribution in [-0.4, -0.2) is 68.0 Å². The van der Waals surface area contributed by atoms with E-state index >= 15 is 0 Å². The molecule has 1 atom stereocenters. The second kappa shape index (κ2) is 15.1. The Morgan fingerprint density at radius 1 is 1.10 bits per heavy atom. The first-order valence-corrected chi connectivity index (χ1v) is 16.5. The van der Waals surface area contributed by atoms with E-state index in [1.165, 1.54) is 38.4 Å². The highest BCUT2D eigenvalue weighted by Gasteiger charge is 2.36. The number of amides is 1. The lowest BCUT2D eigenvalue weighted by atomic mass is 10.1. The van der Waals surface area contributed by atoms with Crippen molar-refractivity contribution in [3.63, 3.8) is 0 Å². The van der Waals surface area contributed by atoms with Gasteiger partial charge in [0.05, 0.1) is 42.6 Å². The van der Waals surface area contributed by atoms with Crippen LogP contribution < -0.4 is 20.7 Å². The summed E-state index contributed by atoms with van der Waals surface area (Å²) in [7, 11) is -1.17. The van der Waals surface area contributed by atoms with Crippen LogP contribution in [0.3, 0.4) is 0 Å². The molecule has 0 aliphatic heterocycles. The van der Waals surface area contributed by atoms with E-state index in [2.05, 4.69) is 36.0 Å². The topological polar surface area (TPSA) is 186 Å². The number of nitrogens with zero attached hydrogens (tertiary/aromatic N) is 5. The molecule has 18 heteroatoms. The highest BCUT2D eigenvalue weighted by molar-refractivity contribution is 7.51. The average molecular weight is 693 g/mol. The largest absolute Gasteiger partial charge is 0.495 e. The minimum absolute atomic E-state index is 0.0170. The van der Waals surface area contributed by atoms with Gasteiger partial charge in [0.2, 0.25) is 5.95 Å². The van der Waals surface area contributed by atoms with Gasteiger partial charge in [0.1, 0.15) is 17.1 Å². The molecular weight excluding hydrogens is 656 g/mol. The normalized spacial score (nSPS) is 12.8. The number of anilines is 4. The highest BCUT2D eigenvalue weighted by atomic mass is 31.2. The number of rotatable bonds is 14. The molecule has 0 saturated carbocycles. The molecule has 4 rings (SSSR count). The molecule has 5 N–H and O–H groups in total. The van der Waals surface area contributed by atoms with Crippen LogP contribution in [0.1, 0.15) is 46.3 Å². The summed E-state index contributed by atoms with van der Waals surface area (Å²) in [6.45, 7) is 5.67. The van der Waals surface area contributed by atoms with Crippen LogP contribution >= 0.6 is 7.60 Å². The zero-order chi connectivity index (χ0) is 35.2. The number of carbonyl (C=O) groups excluding carboxylic acids is 1. The van der Waals surface area contributed by atoms with Gasteiger partial charge < -0.3 is 35.2 Å². The maximum Gasteiger partial charge on any atom is 0.421 e. The molecule has 14 nitrogen and oxygen atoms in total.